The topological polar surface area (TPSA) is 113 Å². The van der Waals surface area contributed by atoms with Crippen molar-refractivity contribution >= 4 is 16.8 Å². The molecule has 7 nitrogen and oxygen atoms in total. The third-order valence-corrected chi connectivity index (χ3v) is 6.44. The summed E-state index contributed by atoms with van der Waals surface area (Å²) in [5.41, 5.74) is 2.06. The van der Waals surface area contributed by atoms with Crippen LogP contribution in [0.3, 0.4) is 0 Å². The van der Waals surface area contributed by atoms with E-state index in [9.17, 15) is 27.5 Å². The highest BCUT2D eigenvalue weighted by Crippen LogP contribution is 2.46. The van der Waals surface area contributed by atoms with Crippen LogP contribution < -0.4 is 15.8 Å². The Kier molecular flexibility index (Phi) is 5.72. The van der Waals surface area contributed by atoms with E-state index < -0.39 is 41.3 Å². The summed E-state index contributed by atoms with van der Waals surface area (Å²) in [5.74, 6) is -1.21. The number of alkyl halides is 3. The van der Waals surface area contributed by atoms with E-state index >= 15 is 0 Å². The smallest absolute Gasteiger partial charge is 0.424 e. The van der Waals surface area contributed by atoms with Crippen molar-refractivity contribution in [2.24, 2.45) is 5.73 Å². The predicted octanol–water partition coefficient (Wildman–Crippen LogP) is 4.12. The Morgan fingerprint density at radius 3 is 2.62 bits per heavy atom. The van der Waals surface area contributed by atoms with Gasteiger partial charge in [-0.1, -0.05) is 0 Å². The highest BCUT2D eigenvalue weighted by molar-refractivity contribution is 5.98. The number of carbonyl (C=O) groups is 1. The number of nitrogens with zero attached hydrogens (tertiary/aromatic N) is 1. The molecule has 1 aliphatic heterocycles. The molecule has 0 fully saturated rings. The Balaban J connectivity index is 1.56. The van der Waals surface area contributed by atoms with E-state index in [1.807, 2.05) is 0 Å². The van der Waals surface area contributed by atoms with Gasteiger partial charge in [-0.05, 0) is 61.5 Å². The number of nitrogens with one attached hydrogen (secondary N) is 2. The van der Waals surface area contributed by atoms with Gasteiger partial charge < -0.3 is 25.9 Å². The molecular formula is C26H22F4N4O3. The van der Waals surface area contributed by atoms with Gasteiger partial charge in [0.25, 0.3) is 5.91 Å². The molecule has 37 heavy (non-hydrogen) atoms. The quantitative estimate of drug-likeness (QED) is 0.300. The highest BCUT2D eigenvalue weighted by atomic mass is 19.4. The molecular weight excluding hydrogens is 492 g/mol. The molecule has 2 aromatic heterocycles. The standard InChI is InChI=1S/C26H22F4N4O3/c1-24(31)13-37-22-18(24)11-20(34-21(22)14-2-5-17(27)6-3-14)25(36,26(28,29)30)12-33-23(35)16-4-7-19-15(10-16)8-9-32-19/h2-11,32,36H,12-13,31H2,1H3,(H,33,35)/t24-,25?/m1/s1. The van der Waals surface area contributed by atoms with Gasteiger partial charge in [0, 0.05) is 33.8 Å². The number of pyridine rings is 1. The second-order valence-corrected chi connectivity index (χ2v) is 9.27. The maximum Gasteiger partial charge on any atom is 0.424 e. The number of hydrogen-bond acceptors (Lipinski definition) is 5. The Bertz CT molecular complexity index is 1500. The molecule has 0 spiro atoms. The van der Waals surface area contributed by atoms with Crippen LogP contribution >= 0.6 is 0 Å². The normalized spacial score (nSPS) is 18.8. The zero-order valence-corrected chi connectivity index (χ0v) is 19.5. The van der Waals surface area contributed by atoms with Crippen molar-refractivity contribution in [2.75, 3.05) is 13.2 Å². The van der Waals surface area contributed by atoms with Gasteiger partial charge in [0.15, 0.2) is 5.75 Å². The van der Waals surface area contributed by atoms with Crippen LogP contribution in [0.25, 0.3) is 22.2 Å². The third-order valence-electron chi connectivity index (χ3n) is 6.44. The van der Waals surface area contributed by atoms with E-state index in [0.29, 0.717) is 5.39 Å². The molecule has 192 valence electrons. The third kappa shape index (κ3) is 4.30. The first-order valence-corrected chi connectivity index (χ1v) is 11.3. The first-order chi connectivity index (χ1) is 17.4. The number of aromatic nitrogens is 2. The lowest BCUT2D eigenvalue weighted by atomic mass is 9.89. The molecule has 3 heterocycles. The molecule has 1 aliphatic rings. The lowest BCUT2D eigenvalue weighted by molar-refractivity contribution is -0.265. The van der Waals surface area contributed by atoms with E-state index in [1.54, 1.807) is 25.3 Å². The van der Waals surface area contributed by atoms with Gasteiger partial charge in [0.1, 0.15) is 18.1 Å². The fourth-order valence-corrected chi connectivity index (χ4v) is 4.26. The van der Waals surface area contributed by atoms with Crippen molar-refractivity contribution in [3.05, 3.63) is 83.4 Å². The molecule has 1 unspecified atom stereocenters. The molecule has 0 radical (unpaired) electrons. The number of H-pyrrole nitrogens is 1. The molecule has 5 N–H and O–H groups in total. The number of hydrogen-bond donors (Lipinski definition) is 4. The van der Waals surface area contributed by atoms with Gasteiger partial charge in [0.2, 0.25) is 5.60 Å². The van der Waals surface area contributed by atoms with Crippen molar-refractivity contribution in [3.8, 4) is 17.0 Å². The van der Waals surface area contributed by atoms with Gasteiger partial charge in [-0.25, -0.2) is 9.37 Å². The summed E-state index contributed by atoms with van der Waals surface area (Å²) in [7, 11) is 0. The number of carbonyl (C=O) groups excluding carboxylic acids is 1. The number of benzene rings is 2. The molecule has 11 heteroatoms. The minimum atomic E-state index is -5.23. The summed E-state index contributed by atoms with van der Waals surface area (Å²) in [6.07, 6.45) is -3.56. The van der Waals surface area contributed by atoms with E-state index in [1.165, 1.54) is 24.3 Å². The maximum atomic E-state index is 14.4. The second kappa shape index (κ2) is 8.56. The van der Waals surface area contributed by atoms with Gasteiger partial charge in [-0.3, -0.25) is 4.79 Å². The Morgan fingerprint density at radius 2 is 1.92 bits per heavy atom. The first-order valence-electron chi connectivity index (χ1n) is 11.3. The van der Waals surface area contributed by atoms with Crippen LogP contribution in [0, 0.1) is 5.82 Å². The molecule has 0 saturated heterocycles. The molecule has 2 aromatic carbocycles. The number of aromatic amines is 1. The van der Waals surface area contributed by atoms with Gasteiger partial charge in [-0.15, -0.1) is 0 Å². The van der Waals surface area contributed by atoms with Gasteiger partial charge in [-0.2, -0.15) is 13.2 Å². The monoisotopic (exact) mass is 514 g/mol. The Labute approximate surface area is 208 Å². The molecule has 2 atom stereocenters. The van der Waals surface area contributed by atoms with E-state index in [0.717, 1.165) is 23.7 Å². The highest BCUT2D eigenvalue weighted by Gasteiger charge is 2.57. The molecule has 4 aromatic rings. The summed E-state index contributed by atoms with van der Waals surface area (Å²) >= 11 is 0. The maximum absolute atomic E-state index is 14.4. The molecule has 5 rings (SSSR count). The van der Waals surface area contributed by atoms with Crippen molar-refractivity contribution in [1.82, 2.24) is 15.3 Å². The van der Waals surface area contributed by atoms with Crippen LogP contribution in [0.15, 0.2) is 60.8 Å². The van der Waals surface area contributed by atoms with Gasteiger partial charge in [0.05, 0.1) is 17.8 Å². The van der Waals surface area contributed by atoms with Gasteiger partial charge >= 0.3 is 6.18 Å². The summed E-state index contributed by atoms with van der Waals surface area (Å²) < 4.78 is 62.3. The largest absolute Gasteiger partial charge is 0.489 e. The summed E-state index contributed by atoms with van der Waals surface area (Å²) in [4.78, 5) is 19.8. The fraction of sp³-hybridized carbons (Fsp3) is 0.231. The van der Waals surface area contributed by atoms with Crippen molar-refractivity contribution in [3.63, 3.8) is 0 Å². The van der Waals surface area contributed by atoms with E-state index in [4.69, 9.17) is 10.5 Å². The number of ether oxygens (including phenoxy) is 1. The van der Waals surface area contributed by atoms with E-state index in [2.05, 4.69) is 15.3 Å². The number of nitrogens with two attached hydrogens (primary N) is 1. The van der Waals surface area contributed by atoms with Crippen molar-refractivity contribution < 1.29 is 32.2 Å². The summed E-state index contributed by atoms with van der Waals surface area (Å²) in [6.45, 7) is 0.324. The SMILES string of the molecule is C[C@@]1(N)COc2c1cc(C(O)(CNC(=O)c1ccc3[nH]ccc3c1)C(F)(F)F)nc2-c1ccc(F)cc1. The van der Waals surface area contributed by atoms with Crippen LogP contribution in [0.2, 0.25) is 0 Å². The Morgan fingerprint density at radius 1 is 1.19 bits per heavy atom. The zero-order valence-electron chi connectivity index (χ0n) is 19.5. The molecule has 0 bridgehead atoms. The van der Waals surface area contributed by atoms with E-state index in [-0.39, 0.29) is 34.7 Å². The predicted molar refractivity (Wildman–Crippen MR) is 127 cm³/mol. The zero-order chi connectivity index (χ0) is 26.6. The number of amides is 1. The van der Waals surface area contributed by atoms with Crippen LogP contribution in [0.4, 0.5) is 17.6 Å². The number of rotatable bonds is 5. The van der Waals surface area contributed by atoms with Crippen molar-refractivity contribution in [2.45, 2.75) is 24.2 Å². The average molecular weight is 514 g/mol. The summed E-state index contributed by atoms with van der Waals surface area (Å²) in [6, 6.07) is 12.3. The van der Waals surface area contributed by atoms with Crippen molar-refractivity contribution in [1.29, 1.82) is 0 Å². The second-order valence-electron chi connectivity index (χ2n) is 9.27. The van der Waals surface area contributed by atoms with Crippen LogP contribution in [-0.2, 0) is 11.1 Å². The van der Waals surface area contributed by atoms with Crippen LogP contribution in [0.5, 0.6) is 5.75 Å². The fourth-order valence-electron chi connectivity index (χ4n) is 4.26. The summed E-state index contributed by atoms with van der Waals surface area (Å²) in [5, 5.41) is 13.9. The minimum absolute atomic E-state index is 0.0337. The minimum Gasteiger partial charge on any atom is -0.489 e. The molecule has 0 aliphatic carbocycles. The number of fused-ring (bicyclic) bond motifs is 2. The number of aliphatic hydroxyl groups is 1. The van der Waals surface area contributed by atoms with Crippen LogP contribution in [-0.4, -0.2) is 40.3 Å². The molecule has 0 saturated carbocycles. The first kappa shape index (κ1) is 24.7. The lowest BCUT2D eigenvalue weighted by Gasteiger charge is -2.31. The average Bonchev–Trinajstić information content (AvgIpc) is 3.45. The lowest BCUT2D eigenvalue weighted by Crippen LogP contribution is -2.51. The van der Waals surface area contributed by atoms with Crippen LogP contribution in [0.1, 0.15) is 28.5 Å². The molecule has 1 amide bonds. The number of halogens is 4. The Hall–Kier alpha value is -3.96.